The molecular formula is C12H9BrCl2N2. The van der Waals surface area contributed by atoms with Crippen LogP contribution in [0.2, 0.25) is 10.3 Å². The van der Waals surface area contributed by atoms with E-state index in [4.69, 9.17) is 23.2 Å². The summed E-state index contributed by atoms with van der Waals surface area (Å²) in [5.74, 6) is 0.554. The van der Waals surface area contributed by atoms with Gasteiger partial charge in [0.05, 0.1) is 4.47 Å². The summed E-state index contributed by atoms with van der Waals surface area (Å²) in [4.78, 5) is 8.50. The van der Waals surface area contributed by atoms with Crippen LogP contribution in [0.15, 0.2) is 22.7 Å². The van der Waals surface area contributed by atoms with Gasteiger partial charge in [0.1, 0.15) is 10.3 Å². The van der Waals surface area contributed by atoms with Crippen LogP contribution in [0.4, 0.5) is 0 Å². The molecule has 0 aliphatic carbocycles. The average molecular weight is 332 g/mol. The van der Waals surface area contributed by atoms with Gasteiger partial charge < -0.3 is 0 Å². The van der Waals surface area contributed by atoms with Gasteiger partial charge in [-0.1, -0.05) is 41.4 Å². The summed E-state index contributed by atoms with van der Waals surface area (Å²) < 4.78 is 0.524. The maximum absolute atomic E-state index is 5.99. The number of nitrogens with zero attached hydrogens (tertiary/aromatic N) is 2. The third-order valence-electron chi connectivity index (χ3n) is 2.48. The number of benzene rings is 1. The molecule has 17 heavy (non-hydrogen) atoms. The largest absolute Gasteiger partial charge is 0.215 e. The molecule has 0 unspecified atom stereocenters. The van der Waals surface area contributed by atoms with E-state index in [0.717, 1.165) is 16.7 Å². The van der Waals surface area contributed by atoms with E-state index in [0.29, 0.717) is 20.6 Å². The Morgan fingerprint density at radius 1 is 1.00 bits per heavy atom. The molecule has 88 valence electrons. The Balaban J connectivity index is 2.69. The van der Waals surface area contributed by atoms with Gasteiger partial charge in [-0.2, -0.15) is 0 Å². The van der Waals surface area contributed by atoms with E-state index in [1.54, 1.807) is 0 Å². The highest BCUT2D eigenvalue weighted by Crippen LogP contribution is 2.32. The van der Waals surface area contributed by atoms with Crippen LogP contribution in [0, 0.1) is 13.8 Å². The van der Waals surface area contributed by atoms with Gasteiger partial charge in [-0.3, -0.25) is 0 Å². The van der Waals surface area contributed by atoms with E-state index in [9.17, 15) is 0 Å². The Labute approximate surface area is 118 Å². The average Bonchev–Trinajstić information content (AvgIpc) is 2.25. The van der Waals surface area contributed by atoms with Gasteiger partial charge >= 0.3 is 0 Å². The molecule has 2 aromatic rings. The Hall–Kier alpha value is -0.640. The minimum absolute atomic E-state index is 0.322. The van der Waals surface area contributed by atoms with Gasteiger partial charge in [0.25, 0.3) is 0 Å². The first-order valence-electron chi connectivity index (χ1n) is 4.96. The highest BCUT2D eigenvalue weighted by molar-refractivity contribution is 9.10. The molecule has 0 atom stereocenters. The van der Waals surface area contributed by atoms with Crippen molar-refractivity contribution in [2.24, 2.45) is 0 Å². The molecule has 0 aliphatic heterocycles. The summed E-state index contributed by atoms with van der Waals surface area (Å²) in [6, 6.07) is 6.02. The van der Waals surface area contributed by atoms with Crippen molar-refractivity contribution in [1.82, 2.24) is 9.97 Å². The van der Waals surface area contributed by atoms with Crippen molar-refractivity contribution in [3.05, 3.63) is 44.1 Å². The first-order valence-corrected chi connectivity index (χ1v) is 6.50. The van der Waals surface area contributed by atoms with Crippen molar-refractivity contribution in [2.45, 2.75) is 13.8 Å². The van der Waals surface area contributed by atoms with Gasteiger partial charge in [0.15, 0.2) is 5.82 Å². The Bertz CT molecular complexity index is 541. The minimum Gasteiger partial charge on any atom is -0.215 e. The van der Waals surface area contributed by atoms with E-state index in [2.05, 4.69) is 25.9 Å². The van der Waals surface area contributed by atoms with Crippen molar-refractivity contribution in [2.75, 3.05) is 0 Å². The molecule has 0 bridgehead atoms. The standard InChI is InChI=1S/C12H9BrCl2N2/c1-6-4-3-5-7(2)8(6)12-16-10(14)9(13)11(15)17-12/h3-5H,1-2H3. The van der Waals surface area contributed by atoms with E-state index < -0.39 is 0 Å². The van der Waals surface area contributed by atoms with Crippen LogP contribution in [0.25, 0.3) is 11.4 Å². The fraction of sp³-hybridized carbons (Fsp3) is 0.167. The summed E-state index contributed by atoms with van der Waals surface area (Å²) in [5.41, 5.74) is 3.17. The van der Waals surface area contributed by atoms with Crippen LogP contribution in [0.3, 0.4) is 0 Å². The fourth-order valence-corrected chi connectivity index (χ4v) is 2.24. The molecular weight excluding hydrogens is 323 g/mol. The highest BCUT2D eigenvalue weighted by atomic mass is 79.9. The van der Waals surface area contributed by atoms with E-state index in [1.165, 1.54) is 0 Å². The number of hydrogen-bond acceptors (Lipinski definition) is 2. The Kier molecular flexibility index (Phi) is 3.71. The maximum atomic E-state index is 5.99. The molecule has 0 spiro atoms. The highest BCUT2D eigenvalue weighted by Gasteiger charge is 2.13. The molecule has 0 N–H and O–H groups in total. The van der Waals surface area contributed by atoms with Crippen LogP contribution >= 0.6 is 39.1 Å². The molecule has 1 aromatic carbocycles. The maximum Gasteiger partial charge on any atom is 0.163 e. The van der Waals surface area contributed by atoms with Crippen LogP contribution in [0.5, 0.6) is 0 Å². The van der Waals surface area contributed by atoms with Crippen molar-refractivity contribution in [3.63, 3.8) is 0 Å². The SMILES string of the molecule is Cc1cccc(C)c1-c1nc(Cl)c(Br)c(Cl)n1. The third-order valence-corrected chi connectivity index (χ3v) is 4.23. The molecule has 0 saturated heterocycles. The number of rotatable bonds is 1. The first kappa shape index (κ1) is 12.8. The van der Waals surface area contributed by atoms with Crippen molar-refractivity contribution in [1.29, 1.82) is 0 Å². The van der Waals surface area contributed by atoms with Gasteiger partial charge in [-0.15, -0.1) is 0 Å². The van der Waals surface area contributed by atoms with Crippen molar-refractivity contribution < 1.29 is 0 Å². The van der Waals surface area contributed by atoms with Gasteiger partial charge in [0.2, 0.25) is 0 Å². The molecule has 0 radical (unpaired) electrons. The van der Waals surface area contributed by atoms with E-state index in [-0.39, 0.29) is 0 Å². The topological polar surface area (TPSA) is 25.8 Å². The Morgan fingerprint density at radius 2 is 1.47 bits per heavy atom. The molecule has 1 aromatic heterocycles. The molecule has 2 nitrogen and oxygen atoms in total. The zero-order valence-electron chi connectivity index (χ0n) is 9.26. The summed E-state index contributed by atoms with van der Waals surface area (Å²) >= 11 is 15.2. The van der Waals surface area contributed by atoms with Crippen molar-refractivity contribution >= 4 is 39.1 Å². The smallest absolute Gasteiger partial charge is 0.163 e. The summed E-state index contributed by atoms with van der Waals surface area (Å²) in [6.45, 7) is 4.02. The lowest BCUT2D eigenvalue weighted by molar-refractivity contribution is 1.14. The normalized spacial score (nSPS) is 10.6. The number of hydrogen-bond donors (Lipinski definition) is 0. The van der Waals surface area contributed by atoms with Gasteiger partial charge in [-0.05, 0) is 40.9 Å². The molecule has 0 saturated carbocycles. The summed E-state index contributed by atoms with van der Waals surface area (Å²) in [5, 5.41) is 0.644. The van der Waals surface area contributed by atoms with Crippen molar-refractivity contribution in [3.8, 4) is 11.4 Å². The fourth-order valence-electron chi connectivity index (χ4n) is 1.67. The number of aromatic nitrogens is 2. The van der Waals surface area contributed by atoms with E-state index in [1.807, 2.05) is 32.0 Å². The zero-order valence-corrected chi connectivity index (χ0v) is 12.4. The predicted octanol–water partition coefficient (Wildman–Crippen LogP) is 4.83. The lowest BCUT2D eigenvalue weighted by atomic mass is 10.0. The monoisotopic (exact) mass is 330 g/mol. The second kappa shape index (κ2) is 4.92. The predicted molar refractivity (Wildman–Crippen MR) is 74.7 cm³/mol. The minimum atomic E-state index is 0.322. The molecule has 2 rings (SSSR count). The molecule has 0 fully saturated rings. The first-order chi connectivity index (χ1) is 8.00. The molecule has 5 heteroatoms. The molecule has 0 amide bonds. The van der Waals surface area contributed by atoms with Crippen LogP contribution < -0.4 is 0 Å². The summed E-state index contributed by atoms with van der Waals surface area (Å²) in [7, 11) is 0. The lowest BCUT2D eigenvalue weighted by Gasteiger charge is -2.09. The quantitative estimate of drug-likeness (QED) is 0.699. The van der Waals surface area contributed by atoms with Crippen LogP contribution in [-0.2, 0) is 0 Å². The zero-order chi connectivity index (χ0) is 12.6. The third kappa shape index (κ3) is 2.46. The number of aryl methyl sites for hydroxylation is 2. The Morgan fingerprint density at radius 3 is 1.94 bits per heavy atom. The summed E-state index contributed by atoms with van der Waals surface area (Å²) in [6.07, 6.45) is 0. The second-order valence-electron chi connectivity index (χ2n) is 3.71. The molecule has 1 heterocycles. The van der Waals surface area contributed by atoms with Crippen LogP contribution in [-0.4, -0.2) is 9.97 Å². The van der Waals surface area contributed by atoms with Crippen LogP contribution in [0.1, 0.15) is 11.1 Å². The van der Waals surface area contributed by atoms with E-state index >= 15 is 0 Å². The molecule has 0 aliphatic rings. The number of halogens is 3. The van der Waals surface area contributed by atoms with Gasteiger partial charge in [-0.25, -0.2) is 9.97 Å². The lowest BCUT2D eigenvalue weighted by Crippen LogP contribution is -1.96. The van der Waals surface area contributed by atoms with Gasteiger partial charge in [0, 0.05) is 5.56 Å². The second-order valence-corrected chi connectivity index (χ2v) is 5.22.